The maximum atomic E-state index is 11.5. The smallest absolute Gasteiger partial charge is 0.307 e. The summed E-state index contributed by atoms with van der Waals surface area (Å²) in [4.78, 5) is 22.8. The maximum Gasteiger partial charge on any atom is 0.307 e. The van der Waals surface area contributed by atoms with Gasteiger partial charge in [-0.25, -0.2) is 0 Å². The van der Waals surface area contributed by atoms with E-state index < -0.39 is 5.97 Å². The largest absolute Gasteiger partial charge is 0.466 e. The molecule has 108 valence electrons. The number of esters is 2. The molecule has 0 radical (unpaired) electrons. The van der Waals surface area contributed by atoms with Gasteiger partial charge in [-0.3, -0.25) is 9.59 Å². The van der Waals surface area contributed by atoms with Crippen LogP contribution in [-0.2, 0) is 19.1 Å². The second-order valence-corrected chi connectivity index (χ2v) is 4.68. The molecule has 0 aliphatic rings. The minimum Gasteiger partial charge on any atom is -0.466 e. The van der Waals surface area contributed by atoms with Crippen molar-refractivity contribution < 1.29 is 19.1 Å². The minimum atomic E-state index is -0.407. The Morgan fingerprint density at radius 2 is 1.79 bits per heavy atom. The lowest BCUT2D eigenvalue weighted by Crippen LogP contribution is -2.17. The number of rotatable bonds is 8. The van der Waals surface area contributed by atoms with Crippen molar-refractivity contribution in [1.29, 1.82) is 0 Å². The van der Waals surface area contributed by atoms with Crippen molar-refractivity contribution >= 4 is 11.9 Å². The van der Waals surface area contributed by atoms with Crippen LogP contribution in [0.2, 0.25) is 0 Å². The molecule has 0 saturated heterocycles. The van der Waals surface area contributed by atoms with Gasteiger partial charge in [-0.15, -0.1) is 5.92 Å². The number of carbonyl (C=O) groups excluding carboxylic acids is 2. The van der Waals surface area contributed by atoms with Gasteiger partial charge in [0.25, 0.3) is 0 Å². The summed E-state index contributed by atoms with van der Waals surface area (Å²) in [5, 5.41) is 0. The lowest BCUT2D eigenvalue weighted by atomic mass is 10.1. The fraction of sp³-hybridized carbons (Fsp3) is 0.733. The Labute approximate surface area is 115 Å². The average molecular weight is 268 g/mol. The van der Waals surface area contributed by atoms with Crippen LogP contribution in [0.1, 0.15) is 53.4 Å². The van der Waals surface area contributed by atoms with E-state index in [2.05, 4.69) is 25.7 Å². The first-order chi connectivity index (χ1) is 8.99. The van der Waals surface area contributed by atoms with E-state index in [-0.39, 0.29) is 24.9 Å². The number of ether oxygens (including phenoxy) is 2. The highest BCUT2D eigenvalue weighted by atomic mass is 16.5. The van der Waals surface area contributed by atoms with Crippen molar-refractivity contribution in [1.82, 2.24) is 0 Å². The van der Waals surface area contributed by atoms with Crippen molar-refractivity contribution in [3.05, 3.63) is 0 Å². The van der Waals surface area contributed by atoms with E-state index in [0.717, 1.165) is 6.42 Å². The van der Waals surface area contributed by atoms with E-state index in [1.54, 1.807) is 6.92 Å². The quantitative estimate of drug-likeness (QED) is 0.501. The highest BCUT2D eigenvalue weighted by Gasteiger charge is 2.12. The molecule has 0 heterocycles. The van der Waals surface area contributed by atoms with E-state index in [1.165, 1.54) is 0 Å². The highest BCUT2D eigenvalue weighted by Crippen LogP contribution is 2.04. The molecule has 0 amide bonds. The molecule has 0 N–H and O–H groups in total. The monoisotopic (exact) mass is 268 g/mol. The Balaban J connectivity index is 3.82. The van der Waals surface area contributed by atoms with Crippen LogP contribution < -0.4 is 0 Å². The van der Waals surface area contributed by atoms with Gasteiger partial charge < -0.3 is 9.47 Å². The van der Waals surface area contributed by atoms with Gasteiger partial charge in [-0.05, 0) is 25.7 Å². The average Bonchev–Trinajstić information content (AvgIpc) is 2.35. The molecule has 0 aliphatic carbocycles. The number of carbonyl (C=O) groups is 2. The molecule has 0 bridgehead atoms. The zero-order valence-corrected chi connectivity index (χ0v) is 12.3. The van der Waals surface area contributed by atoms with E-state index >= 15 is 0 Å². The Hall–Kier alpha value is -1.50. The molecule has 19 heavy (non-hydrogen) atoms. The highest BCUT2D eigenvalue weighted by molar-refractivity contribution is 5.77. The summed E-state index contributed by atoms with van der Waals surface area (Å²) in [7, 11) is 0. The summed E-state index contributed by atoms with van der Waals surface area (Å²) < 4.78 is 10.1. The first-order valence-corrected chi connectivity index (χ1v) is 6.76. The molecule has 0 spiro atoms. The van der Waals surface area contributed by atoms with Crippen LogP contribution in [0.5, 0.6) is 0 Å². The summed E-state index contributed by atoms with van der Waals surface area (Å²) in [5.74, 6) is 5.23. The van der Waals surface area contributed by atoms with Crippen LogP contribution in [0.15, 0.2) is 0 Å². The van der Waals surface area contributed by atoms with Gasteiger partial charge in [0.2, 0.25) is 0 Å². The van der Waals surface area contributed by atoms with E-state index in [4.69, 9.17) is 9.47 Å². The van der Waals surface area contributed by atoms with Crippen molar-refractivity contribution in [2.24, 2.45) is 5.92 Å². The second-order valence-electron chi connectivity index (χ2n) is 4.68. The molecule has 0 aromatic heterocycles. The van der Waals surface area contributed by atoms with E-state index in [0.29, 0.717) is 18.9 Å². The number of hydrogen-bond acceptors (Lipinski definition) is 4. The molecular formula is C15H24O4. The van der Waals surface area contributed by atoms with Crippen LogP contribution in [0.25, 0.3) is 0 Å². The van der Waals surface area contributed by atoms with Crippen molar-refractivity contribution in [3.63, 3.8) is 0 Å². The predicted molar refractivity (Wildman–Crippen MR) is 73.3 cm³/mol. The van der Waals surface area contributed by atoms with Gasteiger partial charge in [0.05, 0.1) is 19.4 Å². The van der Waals surface area contributed by atoms with Gasteiger partial charge in [0.1, 0.15) is 0 Å². The summed E-state index contributed by atoms with van der Waals surface area (Å²) in [6.07, 6.45) is 1.20. The molecule has 0 saturated carbocycles. The molecule has 0 aliphatic heterocycles. The third kappa shape index (κ3) is 10.1. The molecule has 0 aromatic rings. The van der Waals surface area contributed by atoms with Crippen molar-refractivity contribution in [2.75, 3.05) is 6.61 Å². The summed E-state index contributed by atoms with van der Waals surface area (Å²) in [5.41, 5.74) is 0. The fourth-order valence-electron chi connectivity index (χ4n) is 1.28. The third-order valence-corrected chi connectivity index (χ3v) is 2.44. The van der Waals surface area contributed by atoms with Crippen LogP contribution >= 0.6 is 0 Å². The van der Waals surface area contributed by atoms with E-state index in [9.17, 15) is 9.59 Å². The van der Waals surface area contributed by atoms with Crippen LogP contribution in [0.4, 0.5) is 0 Å². The normalized spacial score (nSPS) is 11.4. The lowest BCUT2D eigenvalue weighted by Gasteiger charge is -2.10. The Morgan fingerprint density at radius 3 is 2.32 bits per heavy atom. The van der Waals surface area contributed by atoms with Crippen LogP contribution in [-0.4, -0.2) is 24.6 Å². The number of hydrogen-bond donors (Lipinski definition) is 0. The molecule has 4 nitrogen and oxygen atoms in total. The Morgan fingerprint density at radius 1 is 1.16 bits per heavy atom. The molecule has 1 atom stereocenters. The lowest BCUT2D eigenvalue weighted by molar-refractivity contribution is -0.152. The van der Waals surface area contributed by atoms with Gasteiger partial charge in [-0.2, -0.15) is 0 Å². The summed E-state index contributed by atoms with van der Waals surface area (Å²) in [6, 6.07) is 0. The minimum absolute atomic E-state index is 0.0441. The molecule has 4 heteroatoms. The van der Waals surface area contributed by atoms with Crippen LogP contribution in [0.3, 0.4) is 0 Å². The first-order valence-electron chi connectivity index (χ1n) is 6.76. The van der Waals surface area contributed by atoms with Gasteiger partial charge in [0.15, 0.2) is 6.10 Å². The fourth-order valence-corrected chi connectivity index (χ4v) is 1.28. The second kappa shape index (κ2) is 10.4. The molecule has 0 aromatic carbocycles. The topological polar surface area (TPSA) is 52.6 Å². The van der Waals surface area contributed by atoms with Crippen LogP contribution in [0, 0.1) is 17.8 Å². The molecular weight excluding hydrogens is 244 g/mol. The zero-order chi connectivity index (χ0) is 14.7. The van der Waals surface area contributed by atoms with Gasteiger partial charge in [-0.1, -0.05) is 26.7 Å². The molecule has 1 unspecified atom stereocenters. The maximum absolute atomic E-state index is 11.5. The standard InChI is InChI=1S/C15H24O4/c1-5-7-13(6-2)19-15(17)9-8-14(16)18-11-10-12(3)4/h12-13H,6,8-11H2,1-4H3. The Bertz CT molecular complexity index is 336. The zero-order valence-electron chi connectivity index (χ0n) is 12.3. The van der Waals surface area contributed by atoms with Gasteiger partial charge >= 0.3 is 11.9 Å². The van der Waals surface area contributed by atoms with Crippen molar-refractivity contribution in [2.45, 2.75) is 59.5 Å². The van der Waals surface area contributed by atoms with E-state index in [1.807, 2.05) is 6.92 Å². The Kier molecular flexibility index (Phi) is 9.60. The first kappa shape index (κ1) is 17.5. The van der Waals surface area contributed by atoms with Gasteiger partial charge in [0, 0.05) is 0 Å². The summed E-state index contributed by atoms with van der Waals surface area (Å²) in [6.45, 7) is 8.12. The predicted octanol–water partition coefficient (Wildman–Crippen LogP) is 2.70. The SMILES string of the molecule is CC#CC(CC)OC(=O)CCC(=O)OCCC(C)C. The van der Waals surface area contributed by atoms with Crippen molar-refractivity contribution in [3.8, 4) is 11.8 Å². The molecule has 0 fully saturated rings. The summed E-state index contributed by atoms with van der Waals surface area (Å²) >= 11 is 0. The third-order valence-electron chi connectivity index (χ3n) is 2.44. The molecule has 0 rings (SSSR count).